The van der Waals surface area contributed by atoms with Crippen molar-refractivity contribution >= 4 is 35.3 Å². The van der Waals surface area contributed by atoms with Crippen LogP contribution in [0.3, 0.4) is 0 Å². The molecule has 1 aliphatic rings. The molecule has 0 fully saturated rings. The van der Waals surface area contributed by atoms with E-state index in [2.05, 4.69) is 4.99 Å². The lowest BCUT2D eigenvalue weighted by Crippen LogP contribution is -2.39. The van der Waals surface area contributed by atoms with Crippen LogP contribution in [0.2, 0.25) is 0 Å². The van der Waals surface area contributed by atoms with Gasteiger partial charge in [0.15, 0.2) is 4.80 Å². The molecule has 0 bridgehead atoms. The van der Waals surface area contributed by atoms with Gasteiger partial charge in [0.05, 0.1) is 28.5 Å². The highest BCUT2D eigenvalue weighted by Crippen LogP contribution is 2.31. The summed E-state index contributed by atoms with van der Waals surface area (Å²) >= 11 is 1.14. The third kappa shape index (κ3) is 5.44. The summed E-state index contributed by atoms with van der Waals surface area (Å²) in [5.41, 5.74) is 1.54. The predicted molar refractivity (Wildman–Crippen MR) is 136 cm³/mol. The Morgan fingerprint density at radius 1 is 1.05 bits per heavy atom. The SMILES string of the molecule is CCOC(=O)C1=C(C)N=c2s/c(=C\c3ccc(OC(C)=O)cc3OC(C)=O)c(=O)n2[C@H]1c1ccccc1. The quantitative estimate of drug-likeness (QED) is 0.363. The van der Waals surface area contributed by atoms with Crippen LogP contribution in [-0.4, -0.2) is 29.1 Å². The van der Waals surface area contributed by atoms with Gasteiger partial charge >= 0.3 is 17.9 Å². The summed E-state index contributed by atoms with van der Waals surface area (Å²) in [6.07, 6.45) is 1.57. The largest absolute Gasteiger partial charge is 0.463 e. The Labute approximate surface area is 215 Å². The molecule has 0 amide bonds. The van der Waals surface area contributed by atoms with Gasteiger partial charge in [0.25, 0.3) is 5.56 Å². The van der Waals surface area contributed by atoms with Crippen LogP contribution in [0.1, 0.15) is 44.9 Å². The fourth-order valence-electron chi connectivity index (χ4n) is 3.99. The van der Waals surface area contributed by atoms with E-state index in [1.54, 1.807) is 26.0 Å². The summed E-state index contributed by atoms with van der Waals surface area (Å²) in [5.74, 6) is -1.32. The van der Waals surface area contributed by atoms with Gasteiger partial charge in [-0.1, -0.05) is 41.7 Å². The van der Waals surface area contributed by atoms with Gasteiger partial charge in [-0.3, -0.25) is 19.0 Å². The van der Waals surface area contributed by atoms with Crippen molar-refractivity contribution in [2.24, 2.45) is 4.99 Å². The van der Waals surface area contributed by atoms with E-state index in [1.165, 1.54) is 30.5 Å². The van der Waals surface area contributed by atoms with E-state index in [0.29, 0.717) is 26.2 Å². The minimum Gasteiger partial charge on any atom is -0.463 e. The van der Waals surface area contributed by atoms with Gasteiger partial charge in [-0.2, -0.15) is 0 Å². The number of fused-ring (bicyclic) bond motifs is 1. The zero-order valence-electron chi connectivity index (χ0n) is 20.6. The van der Waals surface area contributed by atoms with Gasteiger partial charge in [-0.25, -0.2) is 9.79 Å². The number of aromatic nitrogens is 1. The number of ether oxygens (including phenoxy) is 3. The van der Waals surface area contributed by atoms with E-state index >= 15 is 0 Å². The van der Waals surface area contributed by atoms with E-state index in [0.717, 1.165) is 16.9 Å². The Bertz CT molecular complexity index is 1600. The Hall–Kier alpha value is -4.31. The van der Waals surface area contributed by atoms with E-state index in [1.807, 2.05) is 30.3 Å². The molecule has 3 aromatic rings. The summed E-state index contributed by atoms with van der Waals surface area (Å²) in [6, 6.07) is 13.0. The number of esters is 3. The lowest BCUT2D eigenvalue weighted by atomic mass is 9.96. The van der Waals surface area contributed by atoms with Gasteiger partial charge in [0.2, 0.25) is 0 Å². The van der Waals surface area contributed by atoms with Crippen molar-refractivity contribution in [2.75, 3.05) is 6.61 Å². The first kappa shape index (κ1) is 25.8. The minimum atomic E-state index is -0.724. The summed E-state index contributed by atoms with van der Waals surface area (Å²) in [6.45, 7) is 6.12. The monoisotopic (exact) mass is 520 g/mol. The van der Waals surface area contributed by atoms with Crippen molar-refractivity contribution in [3.05, 3.63) is 90.6 Å². The molecule has 1 aliphatic heterocycles. The number of thiazole rings is 1. The van der Waals surface area contributed by atoms with Gasteiger partial charge in [0.1, 0.15) is 11.5 Å². The highest BCUT2D eigenvalue weighted by molar-refractivity contribution is 7.07. The third-order valence-corrected chi connectivity index (χ3v) is 6.40. The molecule has 0 unspecified atom stereocenters. The van der Waals surface area contributed by atoms with Crippen molar-refractivity contribution in [1.82, 2.24) is 4.57 Å². The van der Waals surface area contributed by atoms with Gasteiger partial charge in [-0.15, -0.1) is 0 Å². The maximum atomic E-state index is 13.7. The van der Waals surface area contributed by atoms with Crippen molar-refractivity contribution in [1.29, 1.82) is 0 Å². The zero-order chi connectivity index (χ0) is 26.7. The molecule has 0 N–H and O–H groups in total. The van der Waals surface area contributed by atoms with Crippen LogP contribution in [0.4, 0.5) is 0 Å². The number of carbonyl (C=O) groups excluding carboxylic acids is 3. The number of benzene rings is 2. The van der Waals surface area contributed by atoms with Crippen LogP contribution in [0.15, 0.2) is 69.6 Å². The predicted octanol–water partition coefficient (Wildman–Crippen LogP) is 2.65. The molecule has 190 valence electrons. The van der Waals surface area contributed by atoms with Gasteiger partial charge < -0.3 is 14.2 Å². The Morgan fingerprint density at radius 3 is 2.41 bits per heavy atom. The summed E-state index contributed by atoms with van der Waals surface area (Å²) < 4.78 is 17.5. The second-order valence-electron chi connectivity index (χ2n) is 8.10. The first-order valence-corrected chi connectivity index (χ1v) is 12.3. The lowest BCUT2D eigenvalue weighted by molar-refractivity contribution is -0.139. The first-order valence-electron chi connectivity index (χ1n) is 11.4. The highest BCUT2D eigenvalue weighted by atomic mass is 32.1. The minimum absolute atomic E-state index is 0.125. The zero-order valence-corrected chi connectivity index (χ0v) is 21.5. The molecule has 1 atom stereocenters. The second kappa shape index (κ2) is 10.8. The molecule has 2 heterocycles. The van der Waals surface area contributed by atoms with Crippen LogP contribution in [0, 0.1) is 0 Å². The molecule has 0 saturated heterocycles. The third-order valence-electron chi connectivity index (χ3n) is 5.42. The Morgan fingerprint density at radius 2 is 1.76 bits per heavy atom. The summed E-state index contributed by atoms with van der Waals surface area (Å²) in [4.78, 5) is 54.6. The molecule has 9 nitrogen and oxygen atoms in total. The van der Waals surface area contributed by atoms with Gasteiger partial charge in [0, 0.05) is 25.5 Å². The topological polar surface area (TPSA) is 113 Å². The maximum Gasteiger partial charge on any atom is 0.338 e. The van der Waals surface area contributed by atoms with Crippen LogP contribution >= 0.6 is 11.3 Å². The first-order chi connectivity index (χ1) is 17.7. The molecule has 0 saturated carbocycles. The van der Waals surface area contributed by atoms with Crippen molar-refractivity contribution in [3.8, 4) is 11.5 Å². The molecule has 37 heavy (non-hydrogen) atoms. The summed E-state index contributed by atoms with van der Waals surface area (Å²) in [7, 11) is 0. The molecule has 10 heteroatoms. The highest BCUT2D eigenvalue weighted by Gasteiger charge is 2.33. The Kier molecular flexibility index (Phi) is 7.49. The van der Waals surface area contributed by atoms with Crippen LogP contribution in [0.25, 0.3) is 6.08 Å². The van der Waals surface area contributed by atoms with E-state index in [-0.39, 0.29) is 23.7 Å². The van der Waals surface area contributed by atoms with Crippen LogP contribution in [-0.2, 0) is 19.1 Å². The number of rotatable bonds is 6. The number of nitrogens with zero attached hydrogens (tertiary/aromatic N) is 2. The molecule has 1 aromatic heterocycles. The molecule has 0 radical (unpaired) electrons. The average Bonchev–Trinajstić information content (AvgIpc) is 3.14. The number of hydrogen-bond donors (Lipinski definition) is 0. The molecule has 4 rings (SSSR count). The molecule has 0 spiro atoms. The smallest absolute Gasteiger partial charge is 0.338 e. The molecular formula is C27H24N2O7S. The van der Waals surface area contributed by atoms with Crippen LogP contribution < -0.4 is 24.4 Å². The number of hydrogen-bond acceptors (Lipinski definition) is 9. The molecule has 2 aromatic carbocycles. The summed E-state index contributed by atoms with van der Waals surface area (Å²) in [5, 5.41) is 0. The molecule has 0 aliphatic carbocycles. The van der Waals surface area contributed by atoms with Gasteiger partial charge in [-0.05, 0) is 37.6 Å². The Balaban J connectivity index is 1.91. The maximum absolute atomic E-state index is 13.7. The van der Waals surface area contributed by atoms with E-state index < -0.39 is 23.9 Å². The van der Waals surface area contributed by atoms with E-state index in [9.17, 15) is 19.2 Å². The second-order valence-corrected chi connectivity index (χ2v) is 9.11. The van der Waals surface area contributed by atoms with Crippen molar-refractivity contribution in [2.45, 2.75) is 33.7 Å². The lowest BCUT2D eigenvalue weighted by Gasteiger charge is -2.24. The number of carbonyl (C=O) groups is 3. The van der Waals surface area contributed by atoms with E-state index in [4.69, 9.17) is 14.2 Å². The van der Waals surface area contributed by atoms with Crippen molar-refractivity contribution < 1.29 is 28.6 Å². The number of allylic oxidation sites excluding steroid dienone is 1. The fraction of sp³-hybridized carbons (Fsp3) is 0.222. The van der Waals surface area contributed by atoms with Crippen molar-refractivity contribution in [3.63, 3.8) is 0 Å². The fourth-order valence-corrected chi connectivity index (χ4v) is 5.03. The normalized spacial score (nSPS) is 15.0. The molecular weight excluding hydrogens is 496 g/mol. The average molecular weight is 521 g/mol. The van der Waals surface area contributed by atoms with Crippen LogP contribution in [0.5, 0.6) is 11.5 Å². The standard InChI is InChI=1S/C27H24N2O7S/c1-5-34-26(33)23-15(2)28-27-29(24(23)18-9-7-6-8-10-18)25(32)22(37-27)13-19-11-12-20(35-16(3)30)14-21(19)36-17(4)31/h6-14,24H,5H2,1-4H3/b22-13-/t24-/m0/s1.